The summed E-state index contributed by atoms with van der Waals surface area (Å²) in [7, 11) is 1.65. The van der Waals surface area contributed by atoms with E-state index in [9.17, 15) is 0 Å². The van der Waals surface area contributed by atoms with Crippen molar-refractivity contribution >= 4 is 29.1 Å². The standard InChI is InChI=1S/C13H14ClN5O/c1-20-9-4-2-8(3-5-9)6-19-7-16-12-10(19)11(14)17-13(15)18-12/h2-5H,6-7H2,1H3,(H3,15,16,17,18). The van der Waals surface area contributed by atoms with Crippen LogP contribution in [0.2, 0.25) is 5.15 Å². The molecule has 0 saturated heterocycles. The van der Waals surface area contributed by atoms with Gasteiger partial charge in [-0.25, -0.2) is 0 Å². The van der Waals surface area contributed by atoms with Crippen LogP contribution in [-0.2, 0) is 6.54 Å². The summed E-state index contributed by atoms with van der Waals surface area (Å²) in [6.07, 6.45) is 0. The average molecular weight is 292 g/mol. The van der Waals surface area contributed by atoms with Crippen molar-refractivity contribution in [2.24, 2.45) is 0 Å². The van der Waals surface area contributed by atoms with Gasteiger partial charge in [0.05, 0.1) is 13.8 Å². The van der Waals surface area contributed by atoms with Crippen LogP contribution in [0.25, 0.3) is 0 Å². The van der Waals surface area contributed by atoms with Gasteiger partial charge in [0.15, 0.2) is 11.0 Å². The molecule has 0 atom stereocenters. The number of benzene rings is 1. The Hall–Kier alpha value is -2.21. The molecule has 0 radical (unpaired) electrons. The van der Waals surface area contributed by atoms with Crippen LogP contribution in [0.1, 0.15) is 5.56 Å². The number of aromatic nitrogens is 2. The molecule has 1 aromatic heterocycles. The third-order valence-electron chi connectivity index (χ3n) is 3.14. The Balaban J connectivity index is 1.84. The number of fused-ring (bicyclic) bond motifs is 1. The molecule has 7 heteroatoms. The summed E-state index contributed by atoms with van der Waals surface area (Å²) in [5.74, 6) is 1.69. The summed E-state index contributed by atoms with van der Waals surface area (Å²) in [5.41, 5.74) is 7.52. The summed E-state index contributed by atoms with van der Waals surface area (Å²) < 4.78 is 5.15. The van der Waals surface area contributed by atoms with E-state index in [4.69, 9.17) is 22.1 Å². The van der Waals surface area contributed by atoms with Gasteiger partial charge in [-0.3, -0.25) is 0 Å². The monoisotopic (exact) mass is 291 g/mol. The van der Waals surface area contributed by atoms with E-state index in [-0.39, 0.29) is 5.95 Å². The van der Waals surface area contributed by atoms with Crippen molar-refractivity contribution in [3.63, 3.8) is 0 Å². The van der Waals surface area contributed by atoms with Crippen LogP contribution in [0.5, 0.6) is 5.75 Å². The molecule has 6 nitrogen and oxygen atoms in total. The quantitative estimate of drug-likeness (QED) is 0.844. The molecule has 0 unspecified atom stereocenters. The van der Waals surface area contributed by atoms with Crippen molar-refractivity contribution in [3.05, 3.63) is 35.0 Å². The maximum atomic E-state index is 6.15. The van der Waals surface area contributed by atoms with Gasteiger partial charge in [0, 0.05) is 6.54 Å². The fourth-order valence-corrected chi connectivity index (χ4v) is 2.48. The number of hydrogen-bond acceptors (Lipinski definition) is 6. The highest BCUT2D eigenvalue weighted by atomic mass is 35.5. The molecule has 0 fully saturated rings. The normalized spacial score (nSPS) is 13.0. The number of nitrogens with zero attached hydrogens (tertiary/aromatic N) is 3. The smallest absolute Gasteiger partial charge is 0.223 e. The topological polar surface area (TPSA) is 76.3 Å². The minimum Gasteiger partial charge on any atom is -0.497 e. The number of nitrogens with one attached hydrogen (secondary N) is 1. The van der Waals surface area contributed by atoms with Crippen molar-refractivity contribution in [2.45, 2.75) is 6.54 Å². The van der Waals surface area contributed by atoms with Gasteiger partial charge in [-0.1, -0.05) is 23.7 Å². The van der Waals surface area contributed by atoms with Gasteiger partial charge in [-0.2, -0.15) is 9.97 Å². The molecule has 0 saturated carbocycles. The van der Waals surface area contributed by atoms with Gasteiger partial charge in [0.25, 0.3) is 0 Å². The Bertz CT molecular complexity index is 631. The molecule has 1 aromatic carbocycles. The van der Waals surface area contributed by atoms with Gasteiger partial charge in [0.1, 0.15) is 11.4 Å². The second kappa shape index (κ2) is 5.05. The summed E-state index contributed by atoms with van der Waals surface area (Å²) in [6.45, 7) is 1.33. The summed E-state index contributed by atoms with van der Waals surface area (Å²) in [6, 6.07) is 7.90. The lowest BCUT2D eigenvalue weighted by atomic mass is 10.2. The lowest BCUT2D eigenvalue weighted by Crippen LogP contribution is -2.22. The van der Waals surface area contributed by atoms with Crippen LogP contribution in [0.15, 0.2) is 24.3 Å². The number of hydrogen-bond donors (Lipinski definition) is 2. The molecule has 104 valence electrons. The molecule has 1 aliphatic rings. The van der Waals surface area contributed by atoms with Gasteiger partial charge in [-0.05, 0) is 17.7 Å². The highest BCUT2D eigenvalue weighted by molar-refractivity contribution is 6.32. The number of anilines is 3. The zero-order valence-electron chi connectivity index (χ0n) is 10.9. The largest absolute Gasteiger partial charge is 0.497 e. The van der Waals surface area contributed by atoms with Crippen molar-refractivity contribution in [3.8, 4) is 5.75 Å². The molecule has 2 aromatic rings. The molecule has 20 heavy (non-hydrogen) atoms. The minimum absolute atomic E-state index is 0.174. The Morgan fingerprint density at radius 2 is 2.10 bits per heavy atom. The fourth-order valence-electron chi connectivity index (χ4n) is 2.18. The van der Waals surface area contributed by atoms with E-state index in [1.165, 1.54) is 0 Å². The summed E-state index contributed by atoms with van der Waals surface area (Å²) in [4.78, 5) is 10.2. The average Bonchev–Trinajstić information content (AvgIpc) is 2.82. The highest BCUT2D eigenvalue weighted by Gasteiger charge is 2.24. The maximum absolute atomic E-state index is 6.15. The molecule has 3 N–H and O–H groups in total. The number of nitrogens with two attached hydrogens (primary N) is 1. The molecule has 3 rings (SSSR count). The molecule has 2 heterocycles. The Kier molecular flexibility index (Phi) is 3.23. The Morgan fingerprint density at radius 3 is 2.80 bits per heavy atom. The van der Waals surface area contributed by atoms with E-state index in [2.05, 4.69) is 20.2 Å². The van der Waals surface area contributed by atoms with E-state index in [0.29, 0.717) is 24.2 Å². The number of nitrogen functional groups attached to an aromatic ring is 1. The second-order valence-electron chi connectivity index (χ2n) is 4.45. The summed E-state index contributed by atoms with van der Waals surface area (Å²) in [5, 5.41) is 3.53. The molecule has 0 aliphatic carbocycles. The van der Waals surface area contributed by atoms with Crippen LogP contribution < -0.4 is 20.7 Å². The number of methoxy groups -OCH3 is 1. The third kappa shape index (κ3) is 2.30. The zero-order chi connectivity index (χ0) is 14.1. The Morgan fingerprint density at radius 1 is 1.35 bits per heavy atom. The predicted molar refractivity (Wildman–Crippen MR) is 79.1 cm³/mol. The molecule has 1 aliphatic heterocycles. The number of rotatable bonds is 3. The number of halogens is 1. The highest BCUT2D eigenvalue weighted by Crippen LogP contribution is 2.36. The van der Waals surface area contributed by atoms with Crippen molar-refractivity contribution in [1.82, 2.24) is 9.97 Å². The van der Waals surface area contributed by atoms with E-state index in [0.717, 1.165) is 17.0 Å². The van der Waals surface area contributed by atoms with Crippen LogP contribution in [0.4, 0.5) is 17.5 Å². The number of ether oxygens (including phenoxy) is 1. The first-order valence-corrected chi connectivity index (χ1v) is 6.50. The second-order valence-corrected chi connectivity index (χ2v) is 4.81. The van der Waals surface area contributed by atoms with E-state index in [1.807, 2.05) is 24.3 Å². The van der Waals surface area contributed by atoms with Crippen LogP contribution in [0, 0.1) is 0 Å². The predicted octanol–water partition coefficient (Wildman–Crippen LogP) is 2.11. The van der Waals surface area contributed by atoms with Crippen LogP contribution >= 0.6 is 11.6 Å². The van der Waals surface area contributed by atoms with Gasteiger partial charge in [0.2, 0.25) is 5.95 Å². The van der Waals surface area contributed by atoms with Gasteiger partial charge in [-0.15, -0.1) is 0 Å². The molecule has 0 bridgehead atoms. The molecule has 0 spiro atoms. The Labute approximate surface area is 121 Å². The van der Waals surface area contributed by atoms with Crippen molar-refractivity contribution in [2.75, 3.05) is 29.7 Å². The molecular weight excluding hydrogens is 278 g/mol. The molecule has 0 amide bonds. The first kappa shape index (κ1) is 12.8. The van der Waals surface area contributed by atoms with Crippen LogP contribution in [0.3, 0.4) is 0 Å². The lowest BCUT2D eigenvalue weighted by molar-refractivity contribution is 0.414. The van der Waals surface area contributed by atoms with E-state index >= 15 is 0 Å². The SMILES string of the molecule is COc1ccc(CN2CNc3nc(N)nc(Cl)c32)cc1. The summed E-state index contributed by atoms with van der Waals surface area (Å²) >= 11 is 6.15. The maximum Gasteiger partial charge on any atom is 0.223 e. The molecular formula is C13H14ClN5O. The van der Waals surface area contributed by atoms with Crippen molar-refractivity contribution in [1.29, 1.82) is 0 Å². The fraction of sp³-hybridized carbons (Fsp3) is 0.231. The lowest BCUT2D eigenvalue weighted by Gasteiger charge is -2.18. The zero-order valence-corrected chi connectivity index (χ0v) is 11.7. The van der Waals surface area contributed by atoms with Crippen molar-refractivity contribution < 1.29 is 4.74 Å². The first-order chi connectivity index (χ1) is 9.67. The van der Waals surface area contributed by atoms with Gasteiger partial charge < -0.3 is 20.7 Å². The van der Waals surface area contributed by atoms with E-state index < -0.39 is 0 Å². The van der Waals surface area contributed by atoms with Gasteiger partial charge >= 0.3 is 0 Å². The third-order valence-corrected chi connectivity index (χ3v) is 3.41. The van der Waals surface area contributed by atoms with Crippen LogP contribution in [-0.4, -0.2) is 23.7 Å². The van der Waals surface area contributed by atoms with E-state index in [1.54, 1.807) is 7.11 Å². The first-order valence-electron chi connectivity index (χ1n) is 6.12. The minimum atomic E-state index is 0.174.